The van der Waals surface area contributed by atoms with Crippen LogP contribution in [0.2, 0.25) is 0 Å². The van der Waals surface area contributed by atoms with Crippen LogP contribution in [0.5, 0.6) is 17.4 Å². The zero-order chi connectivity index (χ0) is 19.7. The summed E-state index contributed by atoms with van der Waals surface area (Å²) in [6.07, 6.45) is 2.34. The fraction of sp³-hybridized carbons (Fsp3) is 0.389. The Balaban J connectivity index is 2.27. The molecular formula is C18H21N3O5S. The number of hydrogen-bond donors (Lipinski definition) is 2. The van der Waals surface area contributed by atoms with Gasteiger partial charge in [-0.3, -0.25) is 9.59 Å². The Morgan fingerprint density at radius 2 is 2.00 bits per heavy atom. The molecular weight excluding hydrogens is 370 g/mol. The number of ether oxygens (including phenoxy) is 2. The summed E-state index contributed by atoms with van der Waals surface area (Å²) >= 11 is 1.21. The summed E-state index contributed by atoms with van der Waals surface area (Å²) in [6, 6.07) is 2.82. The van der Waals surface area contributed by atoms with Crippen LogP contribution >= 0.6 is 11.8 Å². The van der Waals surface area contributed by atoms with E-state index in [9.17, 15) is 14.7 Å². The Morgan fingerprint density at radius 3 is 2.56 bits per heavy atom. The van der Waals surface area contributed by atoms with Gasteiger partial charge in [0.2, 0.25) is 11.8 Å². The summed E-state index contributed by atoms with van der Waals surface area (Å²) in [7, 11) is 3.07. The molecule has 8 nitrogen and oxygen atoms in total. The molecule has 1 unspecified atom stereocenters. The maximum absolute atomic E-state index is 12.7. The summed E-state index contributed by atoms with van der Waals surface area (Å²) in [6.45, 7) is 1.85. The monoisotopic (exact) mass is 391 g/mol. The molecule has 1 aromatic carbocycles. The molecule has 1 aliphatic rings. The van der Waals surface area contributed by atoms with Gasteiger partial charge >= 0.3 is 0 Å². The van der Waals surface area contributed by atoms with Gasteiger partial charge in [-0.15, -0.1) is 0 Å². The van der Waals surface area contributed by atoms with Gasteiger partial charge in [0.15, 0.2) is 16.7 Å². The standard InChI is InChI=1S/C18H21N3O5S/c1-9(22)21-6-5-10-7-12(25-2)13(26-3)8-11(10)15(21)14-16(23)19-18(27-4)20-17(14)24/h7-8,15H,5-6H2,1-4H3,(H2,19,20,23,24). The fourth-order valence-corrected chi connectivity index (χ4v) is 3.76. The quantitative estimate of drug-likeness (QED) is 0.604. The zero-order valence-corrected chi connectivity index (χ0v) is 16.3. The third-order valence-corrected chi connectivity index (χ3v) is 5.24. The van der Waals surface area contributed by atoms with Crippen molar-refractivity contribution in [2.24, 2.45) is 0 Å². The van der Waals surface area contributed by atoms with Gasteiger partial charge in [0, 0.05) is 13.5 Å². The van der Waals surface area contributed by atoms with Crippen molar-refractivity contribution in [2.45, 2.75) is 24.5 Å². The molecule has 0 radical (unpaired) electrons. The van der Waals surface area contributed by atoms with E-state index in [1.54, 1.807) is 24.3 Å². The lowest BCUT2D eigenvalue weighted by atomic mass is 9.88. The lowest BCUT2D eigenvalue weighted by Gasteiger charge is -2.37. The predicted octanol–water partition coefficient (Wildman–Crippen LogP) is 1.71. The van der Waals surface area contributed by atoms with Crippen molar-refractivity contribution in [2.75, 3.05) is 27.0 Å². The van der Waals surface area contributed by atoms with Gasteiger partial charge < -0.3 is 24.5 Å². The maximum atomic E-state index is 12.7. The van der Waals surface area contributed by atoms with Gasteiger partial charge in [-0.2, -0.15) is 4.98 Å². The minimum absolute atomic E-state index is 0.0381. The molecule has 0 aliphatic carbocycles. The Hall–Kier alpha value is -2.68. The van der Waals surface area contributed by atoms with Gasteiger partial charge in [0.05, 0.1) is 20.3 Å². The van der Waals surface area contributed by atoms with Crippen molar-refractivity contribution < 1.29 is 19.4 Å². The molecule has 0 saturated heterocycles. The maximum Gasteiger partial charge on any atom is 0.261 e. The van der Waals surface area contributed by atoms with Crippen LogP contribution in [0.3, 0.4) is 0 Å². The van der Waals surface area contributed by atoms with E-state index in [0.29, 0.717) is 35.2 Å². The number of aromatic nitrogens is 2. The van der Waals surface area contributed by atoms with Crippen LogP contribution < -0.4 is 15.0 Å². The molecule has 0 spiro atoms. The summed E-state index contributed by atoms with van der Waals surface area (Å²) in [5.41, 5.74) is 1.18. The molecule has 2 heterocycles. The summed E-state index contributed by atoms with van der Waals surface area (Å²) < 4.78 is 10.7. The normalized spacial score (nSPS) is 16.0. The second-order valence-corrected chi connectivity index (χ2v) is 6.88. The summed E-state index contributed by atoms with van der Waals surface area (Å²) in [5, 5.41) is 10.8. The Bertz CT molecular complexity index is 943. The molecule has 1 amide bonds. The molecule has 2 N–H and O–H groups in total. The van der Waals surface area contributed by atoms with Crippen LogP contribution in [0.25, 0.3) is 0 Å². The number of nitrogens with one attached hydrogen (secondary N) is 1. The van der Waals surface area contributed by atoms with Crippen molar-refractivity contribution in [1.29, 1.82) is 0 Å². The molecule has 1 aromatic heterocycles. The van der Waals surface area contributed by atoms with Crippen molar-refractivity contribution in [1.82, 2.24) is 14.9 Å². The number of aromatic hydroxyl groups is 1. The van der Waals surface area contributed by atoms with Crippen molar-refractivity contribution in [3.05, 3.63) is 39.2 Å². The third-order valence-electron chi connectivity index (χ3n) is 4.66. The highest BCUT2D eigenvalue weighted by molar-refractivity contribution is 7.98. The molecule has 27 heavy (non-hydrogen) atoms. The summed E-state index contributed by atoms with van der Waals surface area (Å²) in [4.78, 5) is 33.2. The van der Waals surface area contributed by atoms with E-state index in [2.05, 4.69) is 9.97 Å². The number of amides is 1. The van der Waals surface area contributed by atoms with Crippen LogP contribution in [0.15, 0.2) is 22.1 Å². The topological polar surface area (TPSA) is 105 Å². The van der Waals surface area contributed by atoms with Crippen LogP contribution in [-0.4, -0.2) is 52.9 Å². The Kier molecular flexibility index (Phi) is 5.31. The van der Waals surface area contributed by atoms with E-state index >= 15 is 0 Å². The van der Waals surface area contributed by atoms with Gasteiger partial charge in [0.25, 0.3) is 5.56 Å². The van der Waals surface area contributed by atoms with E-state index in [4.69, 9.17) is 9.47 Å². The van der Waals surface area contributed by atoms with E-state index in [1.165, 1.54) is 25.8 Å². The first-order valence-corrected chi connectivity index (χ1v) is 9.52. The first kappa shape index (κ1) is 19.1. The number of H-pyrrole nitrogens is 1. The first-order chi connectivity index (χ1) is 12.9. The lowest BCUT2D eigenvalue weighted by molar-refractivity contribution is -0.130. The molecule has 9 heteroatoms. The minimum Gasteiger partial charge on any atom is -0.493 e. The number of aromatic amines is 1. The molecule has 2 aromatic rings. The van der Waals surface area contributed by atoms with Crippen molar-refractivity contribution in [3.63, 3.8) is 0 Å². The molecule has 3 rings (SSSR count). The average Bonchev–Trinajstić information content (AvgIpc) is 2.65. The number of benzene rings is 1. The first-order valence-electron chi connectivity index (χ1n) is 8.30. The van der Waals surface area contributed by atoms with E-state index in [1.807, 2.05) is 6.07 Å². The largest absolute Gasteiger partial charge is 0.493 e. The molecule has 144 valence electrons. The number of thioether (sulfide) groups is 1. The molecule has 1 aliphatic heterocycles. The Labute approximate surface area is 160 Å². The highest BCUT2D eigenvalue weighted by Gasteiger charge is 2.36. The molecule has 0 saturated carbocycles. The minimum atomic E-state index is -0.766. The van der Waals surface area contributed by atoms with Crippen LogP contribution in [0.1, 0.15) is 29.7 Å². The predicted molar refractivity (Wildman–Crippen MR) is 101 cm³/mol. The number of methoxy groups -OCH3 is 2. The average molecular weight is 391 g/mol. The van der Waals surface area contributed by atoms with Gasteiger partial charge in [-0.25, -0.2) is 0 Å². The second-order valence-electron chi connectivity index (χ2n) is 6.08. The molecule has 1 atom stereocenters. The van der Waals surface area contributed by atoms with Crippen molar-refractivity contribution in [3.8, 4) is 17.4 Å². The van der Waals surface area contributed by atoms with Crippen LogP contribution in [-0.2, 0) is 11.2 Å². The number of hydrogen-bond acceptors (Lipinski definition) is 7. The van der Waals surface area contributed by atoms with E-state index in [-0.39, 0.29) is 17.4 Å². The van der Waals surface area contributed by atoms with Gasteiger partial charge in [0.1, 0.15) is 5.56 Å². The second kappa shape index (κ2) is 7.51. The number of fused-ring (bicyclic) bond motifs is 1. The number of nitrogens with zero attached hydrogens (tertiary/aromatic N) is 2. The Morgan fingerprint density at radius 1 is 1.33 bits per heavy atom. The SMILES string of the molecule is COc1cc2c(cc1OC)C(c1c(O)nc(SC)[nH]c1=O)N(C(C)=O)CC2. The lowest BCUT2D eigenvalue weighted by Crippen LogP contribution is -2.41. The van der Waals surface area contributed by atoms with Gasteiger partial charge in [-0.05, 0) is 35.9 Å². The smallest absolute Gasteiger partial charge is 0.261 e. The fourth-order valence-electron chi connectivity index (χ4n) is 3.39. The highest BCUT2D eigenvalue weighted by Crippen LogP contribution is 2.41. The van der Waals surface area contributed by atoms with E-state index in [0.717, 1.165) is 5.56 Å². The highest BCUT2D eigenvalue weighted by atomic mass is 32.2. The summed E-state index contributed by atoms with van der Waals surface area (Å²) in [5.74, 6) is 0.465. The number of carbonyl (C=O) groups is 1. The van der Waals surface area contributed by atoms with Gasteiger partial charge in [-0.1, -0.05) is 11.8 Å². The number of rotatable bonds is 4. The number of carbonyl (C=O) groups excluding carboxylic acids is 1. The van der Waals surface area contributed by atoms with Crippen LogP contribution in [0.4, 0.5) is 0 Å². The van der Waals surface area contributed by atoms with Crippen molar-refractivity contribution >= 4 is 17.7 Å². The van der Waals surface area contributed by atoms with E-state index < -0.39 is 11.6 Å². The molecule has 0 fully saturated rings. The molecule has 0 bridgehead atoms. The van der Waals surface area contributed by atoms with Crippen LogP contribution in [0, 0.1) is 0 Å². The third kappa shape index (κ3) is 3.34. The zero-order valence-electron chi connectivity index (χ0n) is 15.5.